The molecule has 3 N–H and O–H groups in total. The lowest BCUT2D eigenvalue weighted by atomic mass is 9.97. The number of fused-ring (bicyclic) bond motifs is 1. The van der Waals surface area contributed by atoms with Crippen molar-refractivity contribution in [3.8, 4) is 16.5 Å². The SMILES string of the molecule is Nc1cc(-c2cccs2)nn1-c1nc2c(c(=O)[nH]1)CCCC2. The lowest BCUT2D eigenvalue weighted by molar-refractivity contribution is 0.646. The summed E-state index contributed by atoms with van der Waals surface area (Å²) in [6, 6.07) is 5.75. The Morgan fingerprint density at radius 1 is 1.32 bits per heavy atom. The summed E-state index contributed by atoms with van der Waals surface area (Å²) in [6.07, 6.45) is 3.75. The Kier molecular flexibility index (Phi) is 3.07. The second-order valence-electron chi connectivity index (χ2n) is 5.37. The van der Waals surface area contributed by atoms with Gasteiger partial charge in [0.05, 0.1) is 10.6 Å². The number of nitrogens with zero attached hydrogens (tertiary/aromatic N) is 3. The maximum absolute atomic E-state index is 12.2. The van der Waals surface area contributed by atoms with Crippen molar-refractivity contribution in [2.24, 2.45) is 0 Å². The van der Waals surface area contributed by atoms with E-state index >= 15 is 0 Å². The van der Waals surface area contributed by atoms with E-state index in [-0.39, 0.29) is 5.56 Å². The van der Waals surface area contributed by atoms with Crippen LogP contribution in [-0.2, 0) is 12.8 Å². The summed E-state index contributed by atoms with van der Waals surface area (Å²) < 4.78 is 1.51. The summed E-state index contributed by atoms with van der Waals surface area (Å²) in [7, 11) is 0. The van der Waals surface area contributed by atoms with Crippen LogP contribution in [0.3, 0.4) is 0 Å². The molecule has 3 aromatic heterocycles. The lowest BCUT2D eigenvalue weighted by Gasteiger charge is -2.14. The number of aromatic nitrogens is 4. The molecule has 0 aromatic carbocycles. The van der Waals surface area contributed by atoms with Gasteiger partial charge in [-0.1, -0.05) is 6.07 Å². The van der Waals surface area contributed by atoms with E-state index in [9.17, 15) is 4.79 Å². The number of rotatable bonds is 2. The van der Waals surface area contributed by atoms with E-state index in [1.54, 1.807) is 17.4 Å². The van der Waals surface area contributed by atoms with Crippen molar-refractivity contribution < 1.29 is 0 Å². The van der Waals surface area contributed by atoms with E-state index in [4.69, 9.17) is 5.73 Å². The topological polar surface area (TPSA) is 89.6 Å². The predicted octanol–water partition coefficient (Wildman–Crippen LogP) is 2.15. The number of thiophene rings is 1. The molecule has 0 saturated carbocycles. The van der Waals surface area contributed by atoms with Gasteiger partial charge in [-0.05, 0) is 37.1 Å². The molecule has 0 saturated heterocycles. The van der Waals surface area contributed by atoms with Crippen molar-refractivity contribution >= 4 is 17.2 Å². The van der Waals surface area contributed by atoms with Crippen LogP contribution in [0.2, 0.25) is 0 Å². The Hall–Kier alpha value is -2.41. The third-order valence-corrected chi connectivity index (χ3v) is 4.78. The molecule has 0 unspecified atom stereocenters. The van der Waals surface area contributed by atoms with Gasteiger partial charge < -0.3 is 5.73 Å². The van der Waals surface area contributed by atoms with E-state index in [0.717, 1.165) is 47.5 Å². The molecule has 22 heavy (non-hydrogen) atoms. The van der Waals surface area contributed by atoms with E-state index in [0.29, 0.717) is 11.8 Å². The van der Waals surface area contributed by atoms with Crippen molar-refractivity contribution in [1.82, 2.24) is 19.7 Å². The van der Waals surface area contributed by atoms with Gasteiger partial charge >= 0.3 is 0 Å². The maximum Gasteiger partial charge on any atom is 0.255 e. The molecule has 1 aliphatic carbocycles. The summed E-state index contributed by atoms with van der Waals surface area (Å²) in [5.41, 5.74) is 8.43. The number of aryl methyl sites for hydroxylation is 1. The summed E-state index contributed by atoms with van der Waals surface area (Å²) in [5.74, 6) is 0.855. The van der Waals surface area contributed by atoms with Gasteiger partial charge in [0.15, 0.2) is 0 Å². The summed E-state index contributed by atoms with van der Waals surface area (Å²) in [4.78, 5) is 20.6. The van der Waals surface area contributed by atoms with E-state index in [2.05, 4.69) is 15.1 Å². The number of aromatic amines is 1. The number of nitrogen functional groups attached to an aromatic ring is 1. The lowest BCUT2D eigenvalue weighted by Crippen LogP contribution is -2.24. The number of nitrogens with two attached hydrogens (primary N) is 1. The molecule has 0 aliphatic heterocycles. The Labute approximate surface area is 130 Å². The average molecular weight is 313 g/mol. The largest absolute Gasteiger partial charge is 0.383 e. The van der Waals surface area contributed by atoms with Gasteiger partial charge in [-0.3, -0.25) is 9.78 Å². The maximum atomic E-state index is 12.2. The number of hydrogen-bond acceptors (Lipinski definition) is 5. The van der Waals surface area contributed by atoms with Crippen LogP contribution in [0, 0.1) is 0 Å². The van der Waals surface area contributed by atoms with Crippen LogP contribution in [0.15, 0.2) is 28.4 Å². The predicted molar refractivity (Wildman–Crippen MR) is 86.3 cm³/mol. The molecule has 3 aromatic rings. The minimum Gasteiger partial charge on any atom is -0.383 e. The fraction of sp³-hybridized carbons (Fsp3) is 0.267. The van der Waals surface area contributed by atoms with Gasteiger partial charge in [-0.2, -0.15) is 9.78 Å². The van der Waals surface area contributed by atoms with Crippen molar-refractivity contribution in [3.63, 3.8) is 0 Å². The first-order valence-electron chi connectivity index (χ1n) is 7.24. The van der Waals surface area contributed by atoms with Crippen molar-refractivity contribution in [2.75, 3.05) is 5.73 Å². The van der Waals surface area contributed by atoms with Crippen LogP contribution >= 0.6 is 11.3 Å². The molecule has 7 heteroatoms. The highest BCUT2D eigenvalue weighted by Crippen LogP contribution is 2.26. The third-order valence-electron chi connectivity index (χ3n) is 3.89. The molecule has 1 aliphatic rings. The summed E-state index contributed by atoms with van der Waals surface area (Å²) >= 11 is 1.60. The first kappa shape index (κ1) is 13.3. The zero-order valence-electron chi connectivity index (χ0n) is 11.9. The Balaban J connectivity index is 1.82. The van der Waals surface area contributed by atoms with E-state index < -0.39 is 0 Å². The fourth-order valence-corrected chi connectivity index (χ4v) is 3.48. The smallest absolute Gasteiger partial charge is 0.255 e. The first-order valence-corrected chi connectivity index (χ1v) is 8.12. The molecule has 0 fully saturated rings. The van der Waals surface area contributed by atoms with E-state index in [1.165, 1.54) is 4.68 Å². The van der Waals surface area contributed by atoms with Crippen LogP contribution < -0.4 is 11.3 Å². The van der Waals surface area contributed by atoms with Gasteiger partial charge in [0, 0.05) is 11.6 Å². The second-order valence-corrected chi connectivity index (χ2v) is 6.31. The van der Waals surface area contributed by atoms with Gasteiger partial charge in [0.1, 0.15) is 11.5 Å². The molecule has 0 bridgehead atoms. The van der Waals surface area contributed by atoms with Crippen LogP contribution in [0.25, 0.3) is 16.5 Å². The molecule has 4 rings (SSSR count). The number of hydrogen-bond donors (Lipinski definition) is 2. The molecular formula is C15H15N5OS. The van der Waals surface area contributed by atoms with Gasteiger partial charge in [0.25, 0.3) is 5.56 Å². The van der Waals surface area contributed by atoms with Gasteiger partial charge in [-0.25, -0.2) is 4.98 Å². The molecule has 0 amide bonds. The van der Waals surface area contributed by atoms with Crippen LogP contribution in [0.4, 0.5) is 5.82 Å². The molecular weight excluding hydrogens is 298 g/mol. The molecule has 112 valence electrons. The first-order chi connectivity index (χ1) is 10.7. The minimum atomic E-state index is -0.0766. The van der Waals surface area contributed by atoms with Crippen LogP contribution in [0.5, 0.6) is 0 Å². The molecule has 0 spiro atoms. The summed E-state index contributed by atoms with van der Waals surface area (Å²) in [6.45, 7) is 0. The van der Waals surface area contributed by atoms with Crippen molar-refractivity contribution in [1.29, 1.82) is 0 Å². The monoisotopic (exact) mass is 313 g/mol. The summed E-state index contributed by atoms with van der Waals surface area (Å²) in [5, 5.41) is 6.47. The third kappa shape index (κ3) is 2.14. The zero-order chi connectivity index (χ0) is 15.1. The molecule has 6 nitrogen and oxygen atoms in total. The standard InChI is InChI=1S/C15H15N5OS/c16-13-8-11(12-6-3-7-22-12)19-20(13)15-17-10-5-2-1-4-9(10)14(21)18-15/h3,6-8H,1-2,4-5,16H2,(H,17,18,21). The Morgan fingerprint density at radius 2 is 2.18 bits per heavy atom. The molecule has 0 atom stereocenters. The number of H-pyrrole nitrogens is 1. The zero-order valence-corrected chi connectivity index (χ0v) is 12.7. The number of nitrogens with one attached hydrogen (secondary N) is 1. The van der Waals surface area contributed by atoms with Crippen LogP contribution in [-0.4, -0.2) is 19.7 Å². The number of anilines is 1. The normalized spacial score (nSPS) is 14.0. The second kappa shape index (κ2) is 5.10. The van der Waals surface area contributed by atoms with Crippen LogP contribution in [0.1, 0.15) is 24.1 Å². The van der Waals surface area contributed by atoms with Crippen molar-refractivity contribution in [2.45, 2.75) is 25.7 Å². The Bertz CT molecular complexity index is 878. The highest BCUT2D eigenvalue weighted by molar-refractivity contribution is 7.13. The van der Waals surface area contributed by atoms with Gasteiger partial charge in [-0.15, -0.1) is 11.3 Å². The quantitative estimate of drug-likeness (QED) is 0.758. The fourth-order valence-electron chi connectivity index (χ4n) is 2.80. The minimum absolute atomic E-state index is 0.0766. The van der Waals surface area contributed by atoms with Crippen molar-refractivity contribution in [3.05, 3.63) is 45.2 Å². The highest BCUT2D eigenvalue weighted by Gasteiger charge is 2.18. The molecule has 3 heterocycles. The van der Waals surface area contributed by atoms with E-state index in [1.807, 2.05) is 17.5 Å². The highest BCUT2D eigenvalue weighted by atomic mass is 32.1. The molecule has 0 radical (unpaired) electrons. The Morgan fingerprint density at radius 3 is 3.00 bits per heavy atom. The average Bonchev–Trinajstić information content (AvgIpc) is 3.16. The van der Waals surface area contributed by atoms with Gasteiger partial charge in [0.2, 0.25) is 5.95 Å².